The standard InChI is InChI=1S/C22H30N6O3/c1-24-22(27-17-6-7-18(30-2)19(13-17)31-3)26-14-16-5-4-10-25-21(16)28-11-8-15(9-12-28)20(23)29/h4-7,10,13,15H,8-9,11-12,14H2,1-3H3,(H2,23,29)(H2,24,26,27). The zero-order valence-electron chi connectivity index (χ0n) is 18.2. The fourth-order valence-corrected chi connectivity index (χ4v) is 3.64. The lowest BCUT2D eigenvalue weighted by molar-refractivity contribution is -0.122. The van der Waals surface area contributed by atoms with Crippen LogP contribution in [0.5, 0.6) is 11.5 Å². The number of benzene rings is 1. The van der Waals surface area contributed by atoms with E-state index in [-0.39, 0.29) is 11.8 Å². The van der Waals surface area contributed by atoms with Crippen molar-refractivity contribution < 1.29 is 14.3 Å². The number of primary amides is 1. The summed E-state index contributed by atoms with van der Waals surface area (Å²) >= 11 is 0. The van der Waals surface area contributed by atoms with Gasteiger partial charge in [0.1, 0.15) is 5.82 Å². The van der Waals surface area contributed by atoms with Crippen molar-refractivity contribution in [1.29, 1.82) is 0 Å². The molecule has 3 rings (SSSR count). The van der Waals surface area contributed by atoms with Crippen LogP contribution in [0.15, 0.2) is 41.5 Å². The number of carbonyl (C=O) groups excluding carboxylic acids is 1. The molecule has 0 saturated carbocycles. The molecule has 0 radical (unpaired) electrons. The molecule has 0 atom stereocenters. The minimum absolute atomic E-state index is 0.0500. The average molecular weight is 427 g/mol. The van der Waals surface area contributed by atoms with E-state index in [1.54, 1.807) is 27.5 Å². The van der Waals surface area contributed by atoms with Crippen LogP contribution in [0.25, 0.3) is 0 Å². The number of nitrogens with one attached hydrogen (secondary N) is 2. The van der Waals surface area contributed by atoms with Crippen molar-refractivity contribution in [3.63, 3.8) is 0 Å². The largest absolute Gasteiger partial charge is 0.493 e. The zero-order chi connectivity index (χ0) is 22.2. The van der Waals surface area contributed by atoms with E-state index in [1.807, 2.05) is 30.3 Å². The normalized spacial score (nSPS) is 14.8. The summed E-state index contributed by atoms with van der Waals surface area (Å²) in [6.45, 7) is 2.07. The van der Waals surface area contributed by atoms with E-state index in [9.17, 15) is 4.79 Å². The summed E-state index contributed by atoms with van der Waals surface area (Å²) in [5.41, 5.74) is 7.33. The summed E-state index contributed by atoms with van der Waals surface area (Å²) in [6.07, 6.45) is 3.29. The van der Waals surface area contributed by atoms with Crippen molar-refractivity contribution in [2.45, 2.75) is 19.4 Å². The minimum atomic E-state index is -0.215. The SMILES string of the molecule is CN=C(NCc1cccnc1N1CCC(C(N)=O)CC1)Nc1ccc(OC)c(OC)c1. The van der Waals surface area contributed by atoms with Crippen LogP contribution in [0.1, 0.15) is 18.4 Å². The molecule has 1 aromatic heterocycles. The maximum absolute atomic E-state index is 11.4. The first kappa shape index (κ1) is 22.2. The van der Waals surface area contributed by atoms with Crippen LogP contribution in [-0.4, -0.2) is 51.2 Å². The predicted octanol–water partition coefficient (Wildman–Crippen LogP) is 1.99. The summed E-state index contributed by atoms with van der Waals surface area (Å²) in [5.74, 6) is 2.57. The Morgan fingerprint density at radius 1 is 1.23 bits per heavy atom. The second-order valence-electron chi connectivity index (χ2n) is 7.27. The molecule has 166 valence electrons. The van der Waals surface area contributed by atoms with Gasteiger partial charge in [0.05, 0.1) is 14.2 Å². The van der Waals surface area contributed by atoms with Crippen molar-refractivity contribution in [2.75, 3.05) is 44.6 Å². The molecule has 9 heteroatoms. The van der Waals surface area contributed by atoms with Gasteiger partial charge in [-0.2, -0.15) is 0 Å². The van der Waals surface area contributed by atoms with Gasteiger partial charge in [0.25, 0.3) is 0 Å². The van der Waals surface area contributed by atoms with Crippen LogP contribution in [-0.2, 0) is 11.3 Å². The van der Waals surface area contributed by atoms with Gasteiger partial charge in [0.15, 0.2) is 17.5 Å². The Labute approximate surface area is 182 Å². The summed E-state index contributed by atoms with van der Waals surface area (Å²) in [6, 6.07) is 9.54. The van der Waals surface area contributed by atoms with Crippen molar-refractivity contribution in [3.8, 4) is 11.5 Å². The third-order valence-electron chi connectivity index (χ3n) is 5.38. The van der Waals surface area contributed by atoms with Crippen LogP contribution in [0.4, 0.5) is 11.5 Å². The van der Waals surface area contributed by atoms with Crippen molar-refractivity contribution in [3.05, 3.63) is 42.1 Å². The Hall–Kier alpha value is -3.49. The number of anilines is 2. The maximum atomic E-state index is 11.4. The van der Waals surface area contributed by atoms with Crippen LogP contribution >= 0.6 is 0 Å². The first-order valence-corrected chi connectivity index (χ1v) is 10.2. The number of ether oxygens (including phenoxy) is 2. The predicted molar refractivity (Wildman–Crippen MR) is 122 cm³/mol. The maximum Gasteiger partial charge on any atom is 0.220 e. The number of nitrogens with two attached hydrogens (primary N) is 1. The number of aromatic nitrogens is 1. The number of carbonyl (C=O) groups is 1. The van der Waals surface area contributed by atoms with Gasteiger partial charge in [-0.25, -0.2) is 4.98 Å². The highest BCUT2D eigenvalue weighted by molar-refractivity contribution is 5.93. The van der Waals surface area contributed by atoms with E-state index < -0.39 is 0 Å². The number of hydrogen-bond acceptors (Lipinski definition) is 6. The third-order valence-corrected chi connectivity index (χ3v) is 5.38. The summed E-state index contributed by atoms with van der Waals surface area (Å²) in [5, 5.41) is 6.59. The van der Waals surface area contributed by atoms with Crippen molar-refractivity contribution >= 4 is 23.4 Å². The Bertz CT molecular complexity index is 925. The molecule has 1 aromatic carbocycles. The molecule has 4 N–H and O–H groups in total. The van der Waals surface area contributed by atoms with E-state index in [1.165, 1.54) is 0 Å². The van der Waals surface area contributed by atoms with E-state index in [4.69, 9.17) is 15.2 Å². The summed E-state index contributed by atoms with van der Waals surface area (Å²) in [4.78, 5) is 22.5. The lowest BCUT2D eigenvalue weighted by Crippen LogP contribution is -2.39. The summed E-state index contributed by atoms with van der Waals surface area (Å²) < 4.78 is 10.6. The molecule has 1 aliphatic rings. The molecular weight excluding hydrogens is 396 g/mol. The van der Waals surface area contributed by atoms with Gasteiger partial charge in [-0.1, -0.05) is 6.07 Å². The van der Waals surface area contributed by atoms with Gasteiger partial charge < -0.3 is 30.7 Å². The second-order valence-corrected chi connectivity index (χ2v) is 7.27. The van der Waals surface area contributed by atoms with E-state index in [0.717, 1.165) is 43.0 Å². The number of rotatable bonds is 7. The molecule has 2 aromatic rings. The number of aliphatic imine (C=N–C) groups is 1. The van der Waals surface area contributed by atoms with E-state index in [2.05, 4.69) is 25.5 Å². The highest BCUT2D eigenvalue weighted by Gasteiger charge is 2.25. The van der Waals surface area contributed by atoms with Crippen LogP contribution < -0.4 is 30.7 Å². The molecule has 0 spiro atoms. The van der Waals surface area contributed by atoms with Crippen LogP contribution in [0.2, 0.25) is 0 Å². The number of pyridine rings is 1. The number of nitrogens with zero attached hydrogens (tertiary/aromatic N) is 3. The summed E-state index contributed by atoms with van der Waals surface area (Å²) in [7, 11) is 4.92. The minimum Gasteiger partial charge on any atom is -0.493 e. The molecule has 0 unspecified atom stereocenters. The molecule has 0 aliphatic carbocycles. The van der Waals surface area contributed by atoms with Gasteiger partial charge in [0.2, 0.25) is 5.91 Å². The molecule has 1 aliphatic heterocycles. The van der Waals surface area contributed by atoms with Gasteiger partial charge in [-0.15, -0.1) is 0 Å². The molecule has 31 heavy (non-hydrogen) atoms. The van der Waals surface area contributed by atoms with E-state index in [0.29, 0.717) is 24.0 Å². The van der Waals surface area contributed by atoms with E-state index >= 15 is 0 Å². The monoisotopic (exact) mass is 426 g/mol. The molecule has 1 fully saturated rings. The molecule has 1 saturated heterocycles. The molecule has 9 nitrogen and oxygen atoms in total. The third kappa shape index (κ3) is 5.56. The number of methoxy groups -OCH3 is 2. The smallest absolute Gasteiger partial charge is 0.220 e. The average Bonchev–Trinajstić information content (AvgIpc) is 2.81. The molecular formula is C22H30N6O3. The van der Waals surface area contributed by atoms with Crippen LogP contribution in [0, 0.1) is 5.92 Å². The fourth-order valence-electron chi connectivity index (χ4n) is 3.64. The number of hydrogen-bond donors (Lipinski definition) is 3. The highest BCUT2D eigenvalue weighted by Crippen LogP contribution is 2.29. The Morgan fingerprint density at radius 3 is 2.61 bits per heavy atom. The fraction of sp³-hybridized carbons (Fsp3) is 0.409. The molecule has 2 heterocycles. The Morgan fingerprint density at radius 2 is 1.97 bits per heavy atom. The lowest BCUT2D eigenvalue weighted by atomic mass is 9.96. The van der Waals surface area contributed by atoms with Crippen LogP contribution in [0.3, 0.4) is 0 Å². The lowest BCUT2D eigenvalue weighted by Gasteiger charge is -2.32. The second kappa shape index (κ2) is 10.5. The first-order valence-electron chi connectivity index (χ1n) is 10.2. The zero-order valence-corrected chi connectivity index (χ0v) is 18.2. The molecule has 0 bridgehead atoms. The van der Waals surface area contributed by atoms with Crippen molar-refractivity contribution in [2.24, 2.45) is 16.6 Å². The van der Waals surface area contributed by atoms with Gasteiger partial charge in [0, 0.05) is 56.1 Å². The van der Waals surface area contributed by atoms with Gasteiger partial charge >= 0.3 is 0 Å². The topological polar surface area (TPSA) is 114 Å². The highest BCUT2D eigenvalue weighted by atomic mass is 16.5. The quantitative estimate of drug-likeness (QED) is 0.458. The van der Waals surface area contributed by atoms with Crippen molar-refractivity contribution in [1.82, 2.24) is 10.3 Å². The Balaban J connectivity index is 1.65. The van der Waals surface area contributed by atoms with Gasteiger partial charge in [-0.3, -0.25) is 9.79 Å². The Kier molecular flexibility index (Phi) is 7.53. The first-order chi connectivity index (χ1) is 15.0. The number of amides is 1. The molecule has 1 amide bonds. The number of guanidine groups is 1. The number of piperidine rings is 1. The van der Waals surface area contributed by atoms with Gasteiger partial charge in [-0.05, 0) is 31.0 Å².